The van der Waals surface area contributed by atoms with Crippen molar-refractivity contribution in [3.05, 3.63) is 101 Å². The van der Waals surface area contributed by atoms with E-state index >= 15 is 0 Å². The zero-order valence-corrected chi connectivity index (χ0v) is 16.1. The second-order valence-corrected chi connectivity index (χ2v) is 6.63. The Labute approximate surface area is 173 Å². The first-order valence-electron chi connectivity index (χ1n) is 9.26. The second kappa shape index (κ2) is 9.47. The average molecular weight is 404 g/mol. The number of nitrogens with one attached hydrogen (secondary N) is 2. The number of para-hydroxylation sites is 1. The van der Waals surface area contributed by atoms with Crippen LogP contribution in [0.15, 0.2) is 78.9 Å². The Morgan fingerprint density at radius 2 is 1.63 bits per heavy atom. The third-order valence-corrected chi connectivity index (χ3v) is 4.41. The van der Waals surface area contributed by atoms with E-state index in [1.165, 1.54) is 23.1 Å². The van der Waals surface area contributed by atoms with Gasteiger partial charge in [-0.05, 0) is 42.0 Å². The number of carbonyl (C=O) groups excluding carboxylic acids is 2. The van der Waals surface area contributed by atoms with Gasteiger partial charge in [0.15, 0.2) is 0 Å². The third-order valence-electron chi connectivity index (χ3n) is 4.41. The highest BCUT2D eigenvalue weighted by molar-refractivity contribution is 6.10. The number of nitrogen functional groups attached to an aromatic ring is 1. The van der Waals surface area contributed by atoms with Gasteiger partial charge in [-0.2, -0.15) is 0 Å². The molecule has 0 radical (unpaired) electrons. The number of carbonyl (C=O) groups is 2. The molecular weight excluding hydrogens is 383 g/mol. The molecule has 2 amide bonds. The van der Waals surface area contributed by atoms with Gasteiger partial charge < -0.3 is 11.1 Å². The Bertz CT molecular complexity index is 1070. The van der Waals surface area contributed by atoms with E-state index in [9.17, 15) is 14.0 Å². The number of anilines is 1. The molecule has 152 valence electrons. The normalized spacial score (nSPS) is 10.3. The van der Waals surface area contributed by atoms with Gasteiger partial charge in [-0.1, -0.05) is 42.5 Å². The minimum Gasteiger partial charge on any atom is -0.384 e. The van der Waals surface area contributed by atoms with Crippen molar-refractivity contribution in [2.75, 3.05) is 11.4 Å². The van der Waals surface area contributed by atoms with Gasteiger partial charge in [0.25, 0.3) is 5.91 Å². The fraction of sp³-hybridized carbons (Fsp3) is 0.0870. The summed E-state index contributed by atoms with van der Waals surface area (Å²) in [4.78, 5) is 27.1. The lowest BCUT2D eigenvalue weighted by Gasteiger charge is -2.23. The van der Waals surface area contributed by atoms with E-state index in [2.05, 4.69) is 5.32 Å². The fourth-order valence-corrected chi connectivity index (χ4v) is 2.91. The Morgan fingerprint density at radius 1 is 0.933 bits per heavy atom. The van der Waals surface area contributed by atoms with Gasteiger partial charge in [-0.3, -0.25) is 19.9 Å². The zero-order chi connectivity index (χ0) is 21.5. The van der Waals surface area contributed by atoms with E-state index in [4.69, 9.17) is 11.1 Å². The molecule has 3 aromatic carbocycles. The molecule has 0 fully saturated rings. The molecule has 30 heavy (non-hydrogen) atoms. The number of benzene rings is 3. The van der Waals surface area contributed by atoms with Gasteiger partial charge in [0.05, 0.1) is 0 Å². The molecule has 0 aliphatic carbocycles. The Hall–Kier alpha value is -4.00. The summed E-state index contributed by atoms with van der Waals surface area (Å²) < 4.78 is 13.3. The van der Waals surface area contributed by atoms with E-state index in [0.717, 1.165) is 0 Å². The van der Waals surface area contributed by atoms with Gasteiger partial charge in [-0.25, -0.2) is 4.39 Å². The molecule has 0 atom stereocenters. The quantitative estimate of drug-likeness (QED) is 0.417. The van der Waals surface area contributed by atoms with E-state index in [-0.39, 0.29) is 30.6 Å². The largest absolute Gasteiger partial charge is 0.384 e. The average Bonchev–Trinajstić information content (AvgIpc) is 2.76. The summed E-state index contributed by atoms with van der Waals surface area (Å²) >= 11 is 0. The topological polar surface area (TPSA) is 99.3 Å². The van der Waals surface area contributed by atoms with Crippen LogP contribution >= 0.6 is 0 Å². The number of hydrogen-bond donors (Lipinski definition) is 3. The lowest BCUT2D eigenvalue weighted by molar-refractivity contribution is -0.119. The lowest BCUT2D eigenvalue weighted by Crippen LogP contribution is -2.40. The minimum absolute atomic E-state index is 0.146. The van der Waals surface area contributed by atoms with Crippen molar-refractivity contribution in [2.45, 2.75) is 6.54 Å². The highest BCUT2D eigenvalue weighted by Gasteiger charge is 2.21. The Morgan fingerprint density at radius 3 is 2.33 bits per heavy atom. The molecule has 6 nitrogen and oxygen atoms in total. The summed E-state index contributed by atoms with van der Waals surface area (Å²) in [6.07, 6.45) is 0. The van der Waals surface area contributed by atoms with Crippen LogP contribution in [0.4, 0.5) is 10.1 Å². The number of hydrogen-bond acceptors (Lipinski definition) is 3. The monoisotopic (exact) mass is 404 g/mol. The van der Waals surface area contributed by atoms with Crippen molar-refractivity contribution < 1.29 is 14.0 Å². The second-order valence-electron chi connectivity index (χ2n) is 6.63. The zero-order valence-electron chi connectivity index (χ0n) is 16.1. The number of nitrogens with two attached hydrogens (primary N) is 1. The Balaban J connectivity index is 1.79. The maximum absolute atomic E-state index is 13.3. The molecule has 0 aliphatic heterocycles. The van der Waals surface area contributed by atoms with Crippen molar-refractivity contribution in [3.8, 4) is 0 Å². The summed E-state index contributed by atoms with van der Waals surface area (Å²) in [5.41, 5.74) is 7.43. The molecule has 0 aromatic heterocycles. The smallest absolute Gasteiger partial charge is 0.258 e. The molecule has 3 aromatic rings. The van der Waals surface area contributed by atoms with E-state index in [1.54, 1.807) is 54.6 Å². The standard InChI is InChI=1S/C23H21FN4O2/c24-19-9-4-6-16(12-19)14-27-21(29)15-28(20-10-2-1-3-11-20)23(30)18-8-5-7-17(13-18)22(25)26/h1-13H,14-15H2,(H3,25,26)(H,27,29). The molecular formula is C23H21FN4O2. The van der Waals surface area contributed by atoms with Crippen LogP contribution < -0.4 is 16.0 Å². The van der Waals surface area contributed by atoms with Gasteiger partial charge in [0, 0.05) is 23.4 Å². The van der Waals surface area contributed by atoms with Gasteiger partial charge in [-0.15, -0.1) is 0 Å². The van der Waals surface area contributed by atoms with Crippen molar-refractivity contribution in [1.82, 2.24) is 5.32 Å². The predicted molar refractivity (Wildman–Crippen MR) is 114 cm³/mol. The molecule has 0 heterocycles. The minimum atomic E-state index is -0.398. The summed E-state index contributed by atoms with van der Waals surface area (Å²) in [6.45, 7) is -0.0737. The molecule has 3 rings (SSSR count). The van der Waals surface area contributed by atoms with Crippen LogP contribution in [0, 0.1) is 11.2 Å². The molecule has 0 saturated carbocycles. The molecule has 0 saturated heterocycles. The fourth-order valence-electron chi connectivity index (χ4n) is 2.91. The number of nitrogens with zero attached hydrogens (tertiary/aromatic N) is 1. The van der Waals surface area contributed by atoms with Crippen LogP contribution in [0.1, 0.15) is 21.5 Å². The first-order chi connectivity index (χ1) is 14.4. The van der Waals surface area contributed by atoms with E-state index < -0.39 is 5.91 Å². The SMILES string of the molecule is N=C(N)c1cccc(C(=O)N(CC(=O)NCc2cccc(F)c2)c2ccccc2)c1. The maximum atomic E-state index is 13.3. The van der Waals surface area contributed by atoms with Gasteiger partial charge >= 0.3 is 0 Å². The predicted octanol–water partition coefficient (Wildman–Crippen LogP) is 3.07. The number of halogens is 1. The number of amides is 2. The molecule has 0 unspecified atom stereocenters. The molecule has 7 heteroatoms. The van der Waals surface area contributed by atoms with Crippen LogP contribution in [-0.4, -0.2) is 24.2 Å². The highest BCUT2D eigenvalue weighted by Crippen LogP contribution is 2.17. The maximum Gasteiger partial charge on any atom is 0.258 e. The Kier molecular flexibility index (Phi) is 6.54. The van der Waals surface area contributed by atoms with Gasteiger partial charge in [0.1, 0.15) is 18.2 Å². The molecule has 0 aliphatic rings. The van der Waals surface area contributed by atoms with Crippen LogP contribution in [0.2, 0.25) is 0 Å². The van der Waals surface area contributed by atoms with Crippen LogP contribution in [0.5, 0.6) is 0 Å². The van der Waals surface area contributed by atoms with E-state index in [0.29, 0.717) is 22.4 Å². The first-order valence-corrected chi connectivity index (χ1v) is 9.26. The highest BCUT2D eigenvalue weighted by atomic mass is 19.1. The van der Waals surface area contributed by atoms with E-state index in [1.807, 2.05) is 6.07 Å². The van der Waals surface area contributed by atoms with Crippen LogP contribution in [0.25, 0.3) is 0 Å². The van der Waals surface area contributed by atoms with Crippen molar-refractivity contribution in [1.29, 1.82) is 5.41 Å². The third kappa shape index (κ3) is 5.29. The molecule has 0 bridgehead atoms. The summed E-state index contributed by atoms with van der Waals surface area (Å²) in [6, 6.07) is 21.2. The molecule has 0 spiro atoms. The molecule has 4 N–H and O–H groups in total. The van der Waals surface area contributed by atoms with Crippen molar-refractivity contribution in [3.63, 3.8) is 0 Å². The number of rotatable bonds is 7. The summed E-state index contributed by atoms with van der Waals surface area (Å²) in [5, 5.41) is 10.3. The summed E-state index contributed by atoms with van der Waals surface area (Å²) in [7, 11) is 0. The van der Waals surface area contributed by atoms with Crippen molar-refractivity contribution >= 4 is 23.3 Å². The van der Waals surface area contributed by atoms with Crippen molar-refractivity contribution in [2.24, 2.45) is 5.73 Å². The lowest BCUT2D eigenvalue weighted by atomic mass is 10.1. The van der Waals surface area contributed by atoms with Gasteiger partial charge in [0.2, 0.25) is 5.91 Å². The van der Waals surface area contributed by atoms with Crippen LogP contribution in [0.3, 0.4) is 0 Å². The summed E-state index contributed by atoms with van der Waals surface area (Å²) in [5.74, 6) is -1.32. The van der Waals surface area contributed by atoms with Crippen LogP contribution in [-0.2, 0) is 11.3 Å². The first kappa shape index (κ1) is 20.7. The number of amidine groups is 1.